The lowest BCUT2D eigenvalue weighted by molar-refractivity contribution is -0.389. The van der Waals surface area contributed by atoms with Crippen LogP contribution in [0.3, 0.4) is 0 Å². The second-order valence-electron chi connectivity index (χ2n) is 8.00. The fourth-order valence-electron chi connectivity index (χ4n) is 3.87. The molecule has 2 atom stereocenters. The van der Waals surface area contributed by atoms with Crippen molar-refractivity contribution in [3.05, 3.63) is 69.5 Å². The van der Waals surface area contributed by atoms with E-state index >= 15 is 0 Å². The molecule has 33 heavy (non-hydrogen) atoms. The first-order chi connectivity index (χ1) is 15.5. The van der Waals surface area contributed by atoms with Crippen molar-refractivity contribution in [3.63, 3.8) is 0 Å². The number of benzene rings is 2. The first-order valence-corrected chi connectivity index (χ1v) is 10.2. The van der Waals surface area contributed by atoms with Crippen molar-refractivity contribution in [2.24, 2.45) is 0 Å². The number of hydrogen-bond donors (Lipinski definition) is 0. The number of para-hydroxylation sites is 1. The Balaban J connectivity index is 1.66. The molecule has 0 aliphatic carbocycles. The van der Waals surface area contributed by atoms with Gasteiger partial charge in [0.15, 0.2) is 12.4 Å². The smallest absolute Gasteiger partial charge is 0.423 e. The van der Waals surface area contributed by atoms with Crippen molar-refractivity contribution >= 4 is 11.6 Å². The van der Waals surface area contributed by atoms with E-state index in [4.69, 9.17) is 4.74 Å². The third kappa shape index (κ3) is 5.78. The second-order valence-corrected chi connectivity index (χ2v) is 8.00. The summed E-state index contributed by atoms with van der Waals surface area (Å²) in [6, 6.07) is 8.51. The van der Waals surface area contributed by atoms with Gasteiger partial charge in [-0.25, -0.2) is 4.39 Å². The molecule has 0 aromatic heterocycles. The summed E-state index contributed by atoms with van der Waals surface area (Å²) in [6.45, 7) is 4.56. The maximum Gasteiger partial charge on any atom is 0.423 e. The number of halogens is 4. The third-order valence-electron chi connectivity index (χ3n) is 5.57. The van der Waals surface area contributed by atoms with E-state index in [0.717, 1.165) is 17.7 Å². The number of alkyl halides is 3. The van der Waals surface area contributed by atoms with Gasteiger partial charge in [-0.15, -0.1) is 0 Å². The number of nitrogens with zero attached hydrogens (tertiary/aromatic N) is 3. The minimum Gasteiger partial charge on any atom is -0.477 e. The second kappa shape index (κ2) is 9.74. The Labute approximate surface area is 187 Å². The lowest BCUT2D eigenvalue weighted by Crippen LogP contribution is -2.58. The Morgan fingerprint density at radius 1 is 1.12 bits per heavy atom. The Hall–Kier alpha value is -3.21. The molecule has 1 aliphatic rings. The number of nitro benzene ring substituents is 1. The molecular weight excluding hydrogens is 446 g/mol. The molecular formula is C22H23F4N3O4. The van der Waals surface area contributed by atoms with Crippen LogP contribution in [0.2, 0.25) is 0 Å². The van der Waals surface area contributed by atoms with Crippen LogP contribution >= 0.6 is 0 Å². The maximum atomic E-state index is 13.1. The molecule has 1 aliphatic heterocycles. The summed E-state index contributed by atoms with van der Waals surface area (Å²) in [7, 11) is 0. The minimum absolute atomic E-state index is 0.0434. The van der Waals surface area contributed by atoms with E-state index in [0.29, 0.717) is 25.7 Å². The average Bonchev–Trinajstić information content (AvgIpc) is 2.74. The first kappa shape index (κ1) is 24.4. The van der Waals surface area contributed by atoms with E-state index in [9.17, 15) is 32.5 Å². The van der Waals surface area contributed by atoms with Gasteiger partial charge in [-0.1, -0.05) is 18.2 Å². The molecule has 3 rings (SSSR count). The zero-order valence-electron chi connectivity index (χ0n) is 18.0. The van der Waals surface area contributed by atoms with Crippen molar-refractivity contribution < 1.29 is 32.0 Å². The molecule has 2 aromatic carbocycles. The summed E-state index contributed by atoms with van der Waals surface area (Å²) < 4.78 is 57.7. The van der Waals surface area contributed by atoms with Crippen LogP contribution in [0.25, 0.3) is 0 Å². The van der Waals surface area contributed by atoms with E-state index in [1.165, 1.54) is 12.1 Å². The lowest BCUT2D eigenvalue weighted by Gasteiger charge is -2.44. The van der Waals surface area contributed by atoms with Gasteiger partial charge in [0.05, 0.1) is 4.92 Å². The number of amides is 1. The fraction of sp³-hybridized carbons (Fsp3) is 0.409. The number of carbonyl (C=O) groups is 1. The molecule has 11 heteroatoms. The Bertz CT molecular complexity index is 1010. The summed E-state index contributed by atoms with van der Waals surface area (Å²) in [5.74, 6) is -1.42. The van der Waals surface area contributed by atoms with Crippen LogP contribution in [0.1, 0.15) is 25.0 Å². The van der Waals surface area contributed by atoms with E-state index in [-0.39, 0.29) is 17.9 Å². The third-order valence-corrected chi connectivity index (χ3v) is 5.57. The van der Waals surface area contributed by atoms with Crippen molar-refractivity contribution in [2.45, 2.75) is 38.7 Å². The number of piperazine rings is 1. The number of nitro groups is 1. The molecule has 0 radical (unpaired) electrons. The normalized spacial score (nSPS) is 19.4. The summed E-state index contributed by atoms with van der Waals surface area (Å²) in [4.78, 5) is 26.5. The summed E-state index contributed by atoms with van der Waals surface area (Å²) in [5.41, 5.74) is -1.73. The van der Waals surface area contributed by atoms with Gasteiger partial charge in [-0.3, -0.25) is 19.8 Å². The standard InChI is InChI=1S/C22H23F4N3O4/c1-14-11-28(15(2)10-27(14)12-16-6-8-17(23)9-7-16)20(30)13-33-19-5-3-4-18(22(24,25)26)21(19)29(31)32/h3-9,14-15H,10-13H2,1-2H3/t14-,15+/m1/s1. The van der Waals surface area contributed by atoms with Gasteiger partial charge < -0.3 is 9.64 Å². The van der Waals surface area contributed by atoms with Crippen molar-refractivity contribution in [2.75, 3.05) is 19.7 Å². The number of hydrogen-bond acceptors (Lipinski definition) is 5. The van der Waals surface area contributed by atoms with Gasteiger partial charge in [-0.2, -0.15) is 13.2 Å². The molecule has 2 aromatic rings. The van der Waals surface area contributed by atoms with Crippen LogP contribution in [0.5, 0.6) is 5.75 Å². The van der Waals surface area contributed by atoms with Crippen molar-refractivity contribution in [1.29, 1.82) is 0 Å². The molecule has 0 spiro atoms. The van der Waals surface area contributed by atoms with Crippen LogP contribution in [0, 0.1) is 15.9 Å². The largest absolute Gasteiger partial charge is 0.477 e. The molecule has 0 bridgehead atoms. The SMILES string of the molecule is C[C@@H]1CN(C(=O)COc2cccc(C(F)(F)F)c2[N+](=O)[O-])[C@@H](C)CN1Cc1ccc(F)cc1. The van der Waals surface area contributed by atoms with Gasteiger partial charge in [-0.05, 0) is 43.7 Å². The number of carbonyl (C=O) groups excluding carboxylic acids is 1. The zero-order valence-corrected chi connectivity index (χ0v) is 18.0. The van der Waals surface area contributed by atoms with Gasteiger partial charge in [0.2, 0.25) is 0 Å². The number of rotatable bonds is 6. The van der Waals surface area contributed by atoms with E-state index in [1.807, 2.05) is 13.8 Å². The van der Waals surface area contributed by atoms with E-state index in [2.05, 4.69) is 4.90 Å². The predicted octanol–water partition coefficient (Wildman–Crippen LogP) is 4.25. The summed E-state index contributed by atoms with van der Waals surface area (Å²) in [6.07, 6.45) is -4.93. The topological polar surface area (TPSA) is 75.9 Å². The summed E-state index contributed by atoms with van der Waals surface area (Å²) in [5, 5.41) is 11.2. The van der Waals surface area contributed by atoms with Crippen molar-refractivity contribution in [3.8, 4) is 5.75 Å². The number of ether oxygens (including phenoxy) is 1. The highest BCUT2D eigenvalue weighted by atomic mass is 19.4. The van der Waals surface area contributed by atoms with Gasteiger partial charge >= 0.3 is 11.9 Å². The molecule has 1 amide bonds. The van der Waals surface area contributed by atoms with Gasteiger partial charge in [0, 0.05) is 31.7 Å². The minimum atomic E-state index is -4.93. The average molecular weight is 469 g/mol. The van der Waals surface area contributed by atoms with Gasteiger partial charge in [0.25, 0.3) is 5.91 Å². The zero-order chi connectivity index (χ0) is 24.3. The summed E-state index contributed by atoms with van der Waals surface area (Å²) >= 11 is 0. The van der Waals surface area contributed by atoms with Crippen LogP contribution in [-0.2, 0) is 17.5 Å². The molecule has 1 saturated heterocycles. The Kier molecular flexibility index (Phi) is 7.21. The molecule has 178 valence electrons. The van der Waals surface area contributed by atoms with Gasteiger partial charge in [0.1, 0.15) is 11.4 Å². The fourth-order valence-corrected chi connectivity index (χ4v) is 3.87. The van der Waals surface area contributed by atoms with E-state index in [1.54, 1.807) is 17.0 Å². The molecule has 0 N–H and O–H groups in total. The highest BCUT2D eigenvalue weighted by Gasteiger charge is 2.40. The molecule has 7 nitrogen and oxygen atoms in total. The van der Waals surface area contributed by atoms with Crippen LogP contribution < -0.4 is 4.74 Å². The molecule has 1 heterocycles. The van der Waals surface area contributed by atoms with Crippen LogP contribution in [0.4, 0.5) is 23.2 Å². The highest BCUT2D eigenvalue weighted by molar-refractivity contribution is 5.78. The first-order valence-electron chi connectivity index (χ1n) is 10.2. The van der Waals surface area contributed by atoms with Crippen LogP contribution in [0.15, 0.2) is 42.5 Å². The molecule has 0 saturated carbocycles. The molecule has 0 unspecified atom stereocenters. The Morgan fingerprint density at radius 3 is 2.39 bits per heavy atom. The predicted molar refractivity (Wildman–Crippen MR) is 111 cm³/mol. The van der Waals surface area contributed by atoms with E-state index < -0.39 is 40.6 Å². The lowest BCUT2D eigenvalue weighted by atomic mass is 10.1. The molecule has 1 fully saturated rings. The quantitative estimate of drug-likeness (QED) is 0.359. The Morgan fingerprint density at radius 2 is 1.79 bits per heavy atom. The highest BCUT2D eigenvalue weighted by Crippen LogP contribution is 2.41. The maximum absolute atomic E-state index is 13.1. The van der Waals surface area contributed by atoms with Crippen LogP contribution in [-0.4, -0.2) is 52.4 Å². The monoisotopic (exact) mass is 469 g/mol. The van der Waals surface area contributed by atoms with Crippen molar-refractivity contribution in [1.82, 2.24) is 9.80 Å².